The van der Waals surface area contributed by atoms with Gasteiger partial charge in [-0.05, 0) is 42.7 Å². The average Bonchev–Trinajstić information content (AvgIpc) is 2.56. The van der Waals surface area contributed by atoms with E-state index in [9.17, 15) is 0 Å². The predicted octanol–water partition coefficient (Wildman–Crippen LogP) is 3.29. The number of nitrogens with one attached hydrogen (secondary N) is 1. The van der Waals surface area contributed by atoms with Crippen molar-refractivity contribution in [2.45, 2.75) is 51.5 Å². The number of rotatable bonds is 4. The maximum Gasteiger partial charge on any atom is 0.122 e. The zero-order valence-electron chi connectivity index (χ0n) is 13.1. The molecule has 21 heavy (non-hydrogen) atoms. The fourth-order valence-electron chi connectivity index (χ4n) is 4.19. The van der Waals surface area contributed by atoms with E-state index in [-0.39, 0.29) is 0 Å². The van der Waals surface area contributed by atoms with E-state index in [1.54, 1.807) is 0 Å². The zero-order chi connectivity index (χ0) is 14.7. The van der Waals surface area contributed by atoms with Crippen LogP contribution in [-0.2, 0) is 6.42 Å². The number of hydrogen-bond donors (Lipinski definition) is 2. The van der Waals surface area contributed by atoms with Crippen molar-refractivity contribution in [3.8, 4) is 5.75 Å². The summed E-state index contributed by atoms with van der Waals surface area (Å²) in [6.07, 6.45) is 7.76. The van der Waals surface area contributed by atoms with Crippen LogP contribution in [0.2, 0.25) is 0 Å². The fourth-order valence-corrected chi connectivity index (χ4v) is 4.19. The minimum absolute atomic E-state index is 0.385. The minimum atomic E-state index is 0.385. The third-order valence-corrected chi connectivity index (χ3v) is 5.58. The Kier molecular flexibility index (Phi) is 4.81. The van der Waals surface area contributed by atoms with Gasteiger partial charge >= 0.3 is 0 Å². The summed E-state index contributed by atoms with van der Waals surface area (Å²) in [5.74, 6) is 9.10. The van der Waals surface area contributed by atoms with Crippen LogP contribution in [-0.4, -0.2) is 12.6 Å². The van der Waals surface area contributed by atoms with Crippen molar-refractivity contribution in [3.05, 3.63) is 29.8 Å². The molecule has 0 bridgehead atoms. The van der Waals surface area contributed by atoms with Gasteiger partial charge in [0.05, 0.1) is 6.61 Å². The van der Waals surface area contributed by atoms with Gasteiger partial charge in [-0.25, -0.2) is 0 Å². The molecule has 3 heteroatoms. The van der Waals surface area contributed by atoms with Crippen LogP contribution >= 0.6 is 0 Å². The van der Waals surface area contributed by atoms with E-state index in [2.05, 4.69) is 30.5 Å². The maximum atomic E-state index is 5.96. The standard InChI is InChI=1S/C18H28N2O/c1-2-13-7-9-14(10-8-13)18(20-19)16-11-15-5-3-4-6-17(15)21-12-16/h3-6,13-14,16,18,20H,2,7-12,19H2,1H3. The SMILES string of the molecule is CCC1CCC(C(NN)C2COc3ccccc3C2)CC1. The van der Waals surface area contributed by atoms with Gasteiger partial charge in [0, 0.05) is 12.0 Å². The first-order chi connectivity index (χ1) is 10.3. The normalized spacial score (nSPS) is 30.3. The Labute approximate surface area is 128 Å². The summed E-state index contributed by atoms with van der Waals surface area (Å²) in [6.45, 7) is 3.11. The molecular formula is C18H28N2O. The third kappa shape index (κ3) is 3.24. The van der Waals surface area contributed by atoms with Gasteiger partial charge in [-0.2, -0.15) is 0 Å². The lowest BCUT2D eigenvalue weighted by Gasteiger charge is -2.39. The van der Waals surface area contributed by atoms with Gasteiger partial charge in [0.25, 0.3) is 0 Å². The van der Waals surface area contributed by atoms with Crippen molar-refractivity contribution in [1.82, 2.24) is 5.43 Å². The molecule has 0 radical (unpaired) electrons. The number of fused-ring (bicyclic) bond motifs is 1. The highest BCUT2D eigenvalue weighted by Crippen LogP contribution is 2.37. The molecule has 1 heterocycles. The summed E-state index contributed by atoms with van der Waals surface area (Å²) in [5.41, 5.74) is 4.46. The van der Waals surface area contributed by atoms with Gasteiger partial charge < -0.3 is 4.74 Å². The lowest BCUT2D eigenvalue weighted by molar-refractivity contribution is 0.123. The van der Waals surface area contributed by atoms with Crippen LogP contribution in [0, 0.1) is 17.8 Å². The molecule has 1 aliphatic heterocycles. The maximum absolute atomic E-state index is 5.96. The van der Waals surface area contributed by atoms with Crippen molar-refractivity contribution in [2.75, 3.05) is 6.61 Å². The van der Waals surface area contributed by atoms with Crippen LogP contribution in [0.1, 0.15) is 44.6 Å². The summed E-state index contributed by atoms with van der Waals surface area (Å²) in [4.78, 5) is 0. The van der Waals surface area contributed by atoms with Gasteiger partial charge in [-0.1, -0.05) is 44.4 Å². The Morgan fingerprint density at radius 1 is 1.19 bits per heavy atom. The molecule has 0 saturated heterocycles. The zero-order valence-corrected chi connectivity index (χ0v) is 13.1. The Bertz CT molecular complexity index is 454. The molecule has 1 aliphatic carbocycles. The van der Waals surface area contributed by atoms with Gasteiger partial charge in [-0.15, -0.1) is 0 Å². The average molecular weight is 288 g/mol. The van der Waals surface area contributed by atoms with E-state index in [0.717, 1.165) is 24.7 Å². The fraction of sp³-hybridized carbons (Fsp3) is 0.667. The lowest BCUT2D eigenvalue weighted by Crippen LogP contribution is -2.50. The molecule has 1 saturated carbocycles. The number of benzene rings is 1. The molecule has 1 aromatic carbocycles. The van der Waals surface area contributed by atoms with Crippen LogP contribution in [0.4, 0.5) is 0 Å². The molecular weight excluding hydrogens is 260 g/mol. The van der Waals surface area contributed by atoms with Crippen LogP contribution in [0.25, 0.3) is 0 Å². The van der Waals surface area contributed by atoms with Crippen LogP contribution in [0.3, 0.4) is 0 Å². The molecule has 3 rings (SSSR count). The molecule has 3 N–H and O–H groups in total. The summed E-state index contributed by atoms with van der Waals surface area (Å²) in [6, 6.07) is 8.79. The predicted molar refractivity (Wildman–Crippen MR) is 86.0 cm³/mol. The van der Waals surface area contributed by atoms with Gasteiger partial charge in [0.1, 0.15) is 5.75 Å². The van der Waals surface area contributed by atoms with Crippen molar-refractivity contribution >= 4 is 0 Å². The smallest absolute Gasteiger partial charge is 0.122 e. The van der Waals surface area contributed by atoms with E-state index < -0.39 is 0 Å². The number of hydrazine groups is 1. The molecule has 2 aliphatic rings. The molecule has 2 unspecified atom stereocenters. The second kappa shape index (κ2) is 6.80. The molecule has 0 spiro atoms. The molecule has 116 valence electrons. The van der Waals surface area contributed by atoms with Gasteiger partial charge in [0.15, 0.2) is 0 Å². The Hall–Kier alpha value is -1.06. The Morgan fingerprint density at radius 3 is 2.67 bits per heavy atom. The number of hydrogen-bond acceptors (Lipinski definition) is 3. The first-order valence-electron chi connectivity index (χ1n) is 8.48. The highest BCUT2D eigenvalue weighted by atomic mass is 16.5. The minimum Gasteiger partial charge on any atom is -0.493 e. The topological polar surface area (TPSA) is 47.3 Å². The van der Waals surface area contributed by atoms with E-state index in [1.807, 2.05) is 6.07 Å². The largest absolute Gasteiger partial charge is 0.493 e. The highest BCUT2D eigenvalue weighted by molar-refractivity contribution is 5.35. The van der Waals surface area contributed by atoms with Crippen molar-refractivity contribution in [1.29, 1.82) is 0 Å². The highest BCUT2D eigenvalue weighted by Gasteiger charge is 2.34. The first kappa shape index (κ1) is 14.9. The summed E-state index contributed by atoms with van der Waals surface area (Å²) in [7, 11) is 0. The summed E-state index contributed by atoms with van der Waals surface area (Å²) >= 11 is 0. The second-order valence-electron chi connectivity index (χ2n) is 6.76. The van der Waals surface area contributed by atoms with Gasteiger partial charge in [0.2, 0.25) is 0 Å². The Balaban J connectivity index is 1.65. The summed E-state index contributed by atoms with van der Waals surface area (Å²) in [5, 5.41) is 0. The monoisotopic (exact) mass is 288 g/mol. The molecule has 2 atom stereocenters. The summed E-state index contributed by atoms with van der Waals surface area (Å²) < 4.78 is 5.96. The number of nitrogens with two attached hydrogens (primary N) is 1. The van der Waals surface area contributed by atoms with Crippen LogP contribution in [0.15, 0.2) is 24.3 Å². The third-order valence-electron chi connectivity index (χ3n) is 5.58. The quantitative estimate of drug-likeness (QED) is 0.660. The second-order valence-corrected chi connectivity index (χ2v) is 6.76. The first-order valence-corrected chi connectivity index (χ1v) is 8.48. The van der Waals surface area contributed by atoms with Crippen molar-refractivity contribution in [3.63, 3.8) is 0 Å². The number of para-hydroxylation sites is 1. The molecule has 1 fully saturated rings. The van der Waals surface area contributed by atoms with Gasteiger partial charge in [-0.3, -0.25) is 11.3 Å². The van der Waals surface area contributed by atoms with Crippen molar-refractivity contribution in [2.24, 2.45) is 23.6 Å². The van der Waals surface area contributed by atoms with Crippen LogP contribution in [0.5, 0.6) is 5.75 Å². The van der Waals surface area contributed by atoms with E-state index >= 15 is 0 Å². The molecule has 0 amide bonds. The molecule has 0 aromatic heterocycles. The molecule has 3 nitrogen and oxygen atoms in total. The number of ether oxygens (including phenoxy) is 1. The van der Waals surface area contributed by atoms with E-state index in [4.69, 9.17) is 10.6 Å². The van der Waals surface area contributed by atoms with E-state index in [0.29, 0.717) is 17.9 Å². The Morgan fingerprint density at radius 2 is 1.95 bits per heavy atom. The molecule has 1 aromatic rings. The van der Waals surface area contributed by atoms with E-state index in [1.165, 1.54) is 37.7 Å². The lowest BCUT2D eigenvalue weighted by atomic mass is 9.73. The van der Waals surface area contributed by atoms with Crippen molar-refractivity contribution < 1.29 is 4.74 Å². The van der Waals surface area contributed by atoms with Crippen LogP contribution < -0.4 is 16.0 Å².